The lowest BCUT2D eigenvalue weighted by atomic mass is 10.1. The van der Waals surface area contributed by atoms with Crippen molar-refractivity contribution in [3.05, 3.63) is 47.1 Å². The topological polar surface area (TPSA) is 69.0 Å². The summed E-state index contributed by atoms with van der Waals surface area (Å²) < 4.78 is 7.03. The van der Waals surface area contributed by atoms with Crippen LogP contribution >= 0.6 is 11.3 Å². The first-order chi connectivity index (χ1) is 13.9. The SMILES string of the molecule is COC(=O)c1cc(-c2cccs2)cnc1Nc1cc(CC(C)C)n(CC(C)C)n1. The van der Waals surface area contributed by atoms with Gasteiger partial charge in [0.05, 0.1) is 7.11 Å². The molecule has 3 aromatic rings. The molecule has 0 spiro atoms. The number of carbonyl (C=O) groups excluding carboxylic acids is 1. The van der Waals surface area contributed by atoms with Gasteiger partial charge in [-0.1, -0.05) is 33.8 Å². The molecule has 0 atom stereocenters. The van der Waals surface area contributed by atoms with E-state index in [2.05, 4.69) is 38.0 Å². The van der Waals surface area contributed by atoms with E-state index in [1.165, 1.54) is 12.8 Å². The van der Waals surface area contributed by atoms with Gasteiger partial charge in [0, 0.05) is 34.9 Å². The number of ether oxygens (including phenoxy) is 1. The van der Waals surface area contributed by atoms with Crippen molar-refractivity contribution < 1.29 is 9.53 Å². The first kappa shape index (κ1) is 21.0. The molecule has 29 heavy (non-hydrogen) atoms. The fourth-order valence-electron chi connectivity index (χ4n) is 3.13. The molecule has 0 aromatic carbocycles. The highest BCUT2D eigenvalue weighted by Crippen LogP contribution is 2.29. The highest BCUT2D eigenvalue weighted by molar-refractivity contribution is 7.13. The van der Waals surface area contributed by atoms with Gasteiger partial charge in [0.1, 0.15) is 11.4 Å². The standard InChI is InChI=1S/C22H28N4O2S/c1-14(2)9-17-11-20(25-26(17)13-15(3)4)24-21-18(22(27)28-5)10-16(12-23-21)19-7-6-8-29-19/h6-8,10-12,14-15H,9,13H2,1-5H3,(H,23,24,25). The quantitative estimate of drug-likeness (QED) is 0.502. The van der Waals surface area contributed by atoms with Gasteiger partial charge < -0.3 is 10.1 Å². The van der Waals surface area contributed by atoms with Crippen LogP contribution in [0.1, 0.15) is 43.7 Å². The Bertz CT molecular complexity index is 934. The number of aromatic nitrogens is 3. The number of hydrogen-bond donors (Lipinski definition) is 1. The fourth-order valence-corrected chi connectivity index (χ4v) is 3.84. The molecule has 0 aliphatic heterocycles. The van der Waals surface area contributed by atoms with Crippen molar-refractivity contribution in [1.82, 2.24) is 14.8 Å². The molecule has 154 valence electrons. The molecule has 0 bridgehead atoms. The van der Waals surface area contributed by atoms with E-state index in [4.69, 9.17) is 9.84 Å². The molecule has 0 amide bonds. The van der Waals surface area contributed by atoms with Gasteiger partial charge in [0.25, 0.3) is 0 Å². The molecule has 1 N–H and O–H groups in total. The average molecular weight is 413 g/mol. The Morgan fingerprint density at radius 2 is 2.03 bits per heavy atom. The van der Waals surface area contributed by atoms with Crippen LogP contribution in [0.2, 0.25) is 0 Å². The third-order valence-electron chi connectivity index (χ3n) is 4.36. The van der Waals surface area contributed by atoms with E-state index in [0.717, 1.165) is 23.4 Å². The van der Waals surface area contributed by atoms with E-state index in [9.17, 15) is 4.79 Å². The van der Waals surface area contributed by atoms with E-state index in [1.807, 2.05) is 34.3 Å². The van der Waals surface area contributed by atoms with E-state index in [-0.39, 0.29) is 0 Å². The minimum atomic E-state index is -0.428. The highest BCUT2D eigenvalue weighted by atomic mass is 32.1. The van der Waals surface area contributed by atoms with E-state index in [0.29, 0.717) is 29.0 Å². The molecule has 0 fully saturated rings. The summed E-state index contributed by atoms with van der Waals surface area (Å²) in [6, 6.07) is 7.83. The smallest absolute Gasteiger partial charge is 0.341 e. The maximum Gasteiger partial charge on any atom is 0.341 e. The minimum absolute atomic E-state index is 0.391. The lowest BCUT2D eigenvalue weighted by Crippen LogP contribution is -2.12. The van der Waals surface area contributed by atoms with Gasteiger partial charge in [-0.25, -0.2) is 9.78 Å². The summed E-state index contributed by atoms with van der Waals surface area (Å²) in [5.41, 5.74) is 2.45. The first-order valence-corrected chi connectivity index (χ1v) is 10.7. The number of thiophene rings is 1. The van der Waals surface area contributed by atoms with Crippen molar-refractivity contribution in [1.29, 1.82) is 0 Å². The molecular formula is C22H28N4O2S. The predicted octanol–water partition coefficient (Wildman–Crippen LogP) is 5.39. The van der Waals surface area contributed by atoms with Crippen LogP contribution in [0.15, 0.2) is 35.8 Å². The number of esters is 1. The molecule has 6 nitrogen and oxygen atoms in total. The monoisotopic (exact) mass is 412 g/mol. The molecule has 0 radical (unpaired) electrons. The number of rotatable bonds is 8. The second kappa shape index (κ2) is 9.22. The van der Waals surface area contributed by atoms with E-state index in [1.54, 1.807) is 17.5 Å². The maximum atomic E-state index is 12.4. The molecule has 0 aliphatic rings. The van der Waals surface area contributed by atoms with Crippen LogP contribution in [0.25, 0.3) is 10.4 Å². The Hall–Kier alpha value is -2.67. The number of carbonyl (C=O) groups is 1. The summed E-state index contributed by atoms with van der Waals surface area (Å²) in [7, 11) is 1.38. The van der Waals surface area contributed by atoms with Gasteiger partial charge in [-0.3, -0.25) is 4.68 Å². The number of nitrogens with zero attached hydrogens (tertiary/aromatic N) is 3. The first-order valence-electron chi connectivity index (χ1n) is 9.83. The van der Waals surface area contributed by atoms with Gasteiger partial charge in [0.15, 0.2) is 5.82 Å². The third-order valence-corrected chi connectivity index (χ3v) is 5.28. The number of methoxy groups -OCH3 is 1. The summed E-state index contributed by atoms with van der Waals surface area (Å²) in [5.74, 6) is 1.72. The predicted molar refractivity (Wildman–Crippen MR) is 118 cm³/mol. The normalized spacial score (nSPS) is 11.3. The molecule has 3 aromatic heterocycles. The van der Waals surface area contributed by atoms with Gasteiger partial charge in [-0.05, 0) is 35.8 Å². The van der Waals surface area contributed by atoms with Crippen molar-refractivity contribution in [3.8, 4) is 10.4 Å². The second-order valence-electron chi connectivity index (χ2n) is 7.91. The summed E-state index contributed by atoms with van der Waals surface area (Å²) in [4.78, 5) is 17.9. The van der Waals surface area contributed by atoms with E-state index >= 15 is 0 Å². The van der Waals surface area contributed by atoms with Crippen LogP contribution < -0.4 is 5.32 Å². The average Bonchev–Trinajstić information content (AvgIpc) is 3.31. The number of anilines is 2. The Morgan fingerprint density at radius 3 is 2.66 bits per heavy atom. The van der Waals surface area contributed by atoms with Crippen LogP contribution in [0.3, 0.4) is 0 Å². The summed E-state index contributed by atoms with van der Waals surface area (Å²) in [5, 5.41) is 9.94. The number of pyridine rings is 1. The molecule has 0 unspecified atom stereocenters. The number of hydrogen-bond acceptors (Lipinski definition) is 6. The van der Waals surface area contributed by atoms with Crippen molar-refractivity contribution in [2.75, 3.05) is 12.4 Å². The highest BCUT2D eigenvalue weighted by Gasteiger charge is 2.18. The van der Waals surface area contributed by atoms with Crippen LogP contribution in [-0.2, 0) is 17.7 Å². The molecule has 0 saturated carbocycles. The molecule has 3 heterocycles. The lowest BCUT2D eigenvalue weighted by molar-refractivity contribution is 0.0601. The van der Waals surface area contributed by atoms with Crippen molar-refractivity contribution in [3.63, 3.8) is 0 Å². The molecule has 0 saturated heterocycles. The molecular weight excluding hydrogens is 384 g/mol. The third kappa shape index (κ3) is 5.23. The zero-order valence-corrected chi connectivity index (χ0v) is 18.4. The number of nitrogens with one attached hydrogen (secondary N) is 1. The van der Waals surface area contributed by atoms with Crippen LogP contribution in [-0.4, -0.2) is 27.8 Å². The van der Waals surface area contributed by atoms with Crippen LogP contribution in [0.5, 0.6) is 0 Å². The Kier molecular flexibility index (Phi) is 6.69. The van der Waals surface area contributed by atoms with Gasteiger partial charge in [0.2, 0.25) is 0 Å². The Morgan fingerprint density at radius 1 is 1.24 bits per heavy atom. The summed E-state index contributed by atoms with van der Waals surface area (Å²) in [6.07, 6.45) is 2.71. The van der Waals surface area contributed by atoms with Crippen LogP contribution in [0, 0.1) is 11.8 Å². The lowest BCUT2D eigenvalue weighted by Gasteiger charge is -2.11. The Labute approximate surface area is 175 Å². The second-order valence-corrected chi connectivity index (χ2v) is 8.86. The fraction of sp³-hybridized carbons (Fsp3) is 0.409. The zero-order chi connectivity index (χ0) is 21.0. The Balaban J connectivity index is 1.94. The largest absolute Gasteiger partial charge is 0.465 e. The summed E-state index contributed by atoms with van der Waals surface area (Å²) in [6.45, 7) is 9.58. The summed E-state index contributed by atoms with van der Waals surface area (Å²) >= 11 is 1.60. The molecule has 7 heteroatoms. The molecule has 0 aliphatic carbocycles. The van der Waals surface area contributed by atoms with Crippen LogP contribution in [0.4, 0.5) is 11.6 Å². The van der Waals surface area contributed by atoms with Gasteiger partial charge in [-0.15, -0.1) is 11.3 Å². The van der Waals surface area contributed by atoms with Crippen molar-refractivity contribution >= 4 is 28.9 Å². The van der Waals surface area contributed by atoms with E-state index < -0.39 is 5.97 Å². The zero-order valence-electron chi connectivity index (χ0n) is 17.6. The van der Waals surface area contributed by atoms with Crippen molar-refractivity contribution in [2.45, 2.75) is 40.7 Å². The van der Waals surface area contributed by atoms with Crippen molar-refractivity contribution in [2.24, 2.45) is 11.8 Å². The molecule has 3 rings (SSSR count). The van der Waals surface area contributed by atoms with Gasteiger partial charge >= 0.3 is 5.97 Å². The maximum absolute atomic E-state index is 12.4. The van der Waals surface area contributed by atoms with Gasteiger partial charge in [-0.2, -0.15) is 5.10 Å². The minimum Gasteiger partial charge on any atom is -0.465 e.